The predicted molar refractivity (Wildman–Crippen MR) is 72.1 cm³/mol. The molecule has 0 saturated carbocycles. The van der Waals surface area contributed by atoms with Crippen molar-refractivity contribution in [2.45, 2.75) is 12.8 Å². The fraction of sp³-hybridized carbons (Fsp3) is 0.462. The molecule has 0 radical (unpaired) electrons. The predicted octanol–water partition coefficient (Wildman–Crippen LogP) is 2.13. The Labute approximate surface area is 115 Å². The summed E-state index contributed by atoms with van der Waals surface area (Å²) in [5.41, 5.74) is -0.209. The zero-order chi connectivity index (χ0) is 14.5. The largest absolute Gasteiger partial charge is 0.478 e. The number of carbonyl (C=O) groups is 1. The Kier molecular flexibility index (Phi) is 4.52. The first-order valence-electron chi connectivity index (χ1n) is 6.42. The minimum absolute atomic E-state index is 0.0775. The van der Waals surface area contributed by atoms with Gasteiger partial charge in [0.2, 0.25) is 0 Å². The zero-order valence-corrected chi connectivity index (χ0v) is 10.9. The monoisotopic (exact) mass is 280 g/mol. The van der Waals surface area contributed by atoms with Gasteiger partial charge in [-0.15, -0.1) is 0 Å². The van der Waals surface area contributed by atoms with Gasteiger partial charge in [0, 0.05) is 25.8 Å². The van der Waals surface area contributed by atoms with Crippen LogP contribution in [0, 0.1) is 16.0 Å². The summed E-state index contributed by atoms with van der Waals surface area (Å²) in [4.78, 5) is 21.6. The molecule has 0 unspecified atom stereocenters. The molecule has 0 aromatic heterocycles. The second kappa shape index (κ2) is 6.33. The molecule has 1 heterocycles. The second-order valence-corrected chi connectivity index (χ2v) is 4.70. The van der Waals surface area contributed by atoms with Crippen LogP contribution >= 0.6 is 0 Å². The summed E-state index contributed by atoms with van der Waals surface area (Å²) >= 11 is 0. The highest BCUT2D eigenvalue weighted by Crippen LogP contribution is 2.29. The van der Waals surface area contributed by atoms with Gasteiger partial charge in [-0.3, -0.25) is 10.1 Å². The number of nitro benzene ring substituents is 1. The number of carboxylic acids is 1. The minimum Gasteiger partial charge on any atom is -0.478 e. The van der Waals surface area contributed by atoms with Crippen molar-refractivity contribution in [3.05, 3.63) is 33.9 Å². The van der Waals surface area contributed by atoms with Crippen molar-refractivity contribution in [3.8, 4) is 0 Å². The lowest BCUT2D eigenvalue weighted by atomic mass is 10.00. The van der Waals surface area contributed by atoms with Gasteiger partial charge in [0.1, 0.15) is 5.69 Å². The van der Waals surface area contributed by atoms with Crippen molar-refractivity contribution in [3.63, 3.8) is 0 Å². The van der Waals surface area contributed by atoms with Gasteiger partial charge in [0.15, 0.2) is 0 Å². The van der Waals surface area contributed by atoms with Gasteiger partial charge in [0.25, 0.3) is 5.69 Å². The second-order valence-electron chi connectivity index (χ2n) is 4.70. The van der Waals surface area contributed by atoms with E-state index in [1.807, 2.05) is 0 Å². The van der Waals surface area contributed by atoms with Crippen LogP contribution in [-0.2, 0) is 4.74 Å². The molecule has 2 N–H and O–H groups in total. The molecule has 0 atom stereocenters. The average Bonchev–Trinajstić information content (AvgIpc) is 2.45. The third-order valence-corrected chi connectivity index (χ3v) is 3.38. The maximum Gasteiger partial charge on any atom is 0.338 e. The molecule has 1 fully saturated rings. The maximum absolute atomic E-state index is 11.2. The van der Waals surface area contributed by atoms with Gasteiger partial charge < -0.3 is 15.2 Å². The van der Waals surface area contributed by atoms with Crippen LogP contribution in [0.1, 0.15) is 23.2 Å². The molecule has 0 bridgehead atoms. The third kappa shape index (κ3) is 3.24. The first kappa shape index (κ1) is 14.3. The highest BCUT2D eigenvalue weighted by atomic mass is 16.6. The highest BCUT2D eigenvalue weighted by Gasteiger charge is 2.22. The van der Waals surface area contributed by atoms with Gasteiger partial charge in [-0.2, -0.15) is 0 Å². The van der Waals surface area contributed by atoms with E-state index in [0.29, 0.717) is 25.7 Å². The van der Waals surface area contributed by atoms with Crippen LogP contribution in [0.2, 0.25) is 0 Å². The molecule has 7 nitrogen and oxygen atoms in total. The van der Waals surface area contributed by atoms with E-state index in [1.54, 1.807) is 0 Å². The number of hydrogen-bond donors (Lipinski definition) is 2. The van der Waals surface area contributed by atoms with Crippen molar-refractivity contribution in [2.75, 3.05) is 25.1 Å². The molecule has 20 heavy (non-hydrogen) atoms. The van der Waals surface area contributed by atoms with Crippen molar-refractivity contribution in [2.24, 2.45) is 5.92 Å². The number of hydrogen-bond acceptors (Lipinski definition) is 5. The molecule has 0 amide bonds. The van der Waals surface area contributed by atoms with Crippen LogP contribution in [0.15, 0.2) is 18.2 Å². The quantitative estimate of drug-likeness (QED) is 0.632. The summed E-state index contributed by atoms with van der Waals surface area (Å²) in [6.45, 7) is 1.86. The first-order valence-corrected chi connectivity index (χ1v) is 6.42. The molecule has 1 aromatic carbocycles. The van der Waals surface area contributed by atoms with E-state index in [2.05, 4.69) is 5.32 Å². The lowest BCUT2D eigenvalue weighted by Gasteiger charge is -2.23. The third-order valence-electron chi connectivity index (χ3n) is 3.38. The maximum atomic E-state index is 11.2. The standard InChI is InChI=1S/C13H16N2O5/c16-13(17)10-2-1-3-11(15(18)19)12(10)14-8-9-4-6-20-7-5-9/h1-3,9,14H,4-8H2,(H,16,17). The number of nitrogens with zero attached hydrogens (tertiary/aromatic N) is 1. The van der Waals surface area contributed by atoms with E-state index in [1.165, 1.54) is 18.2 Å². The SMILES string of the molecule is O=C(O)c1cccc([N+](=O)[O-])c1NCC1CCOCC1. The van der Waals surface area contributed by atoms with Gasteiger partial charge in [0.05, 0.1) is 10.5 Å². The number of nitro groups is 1. The molecule has 1 aliphatic heterocycles. The Morgan fingerprint density at radius 2 is 2.15 bits per heavy atom. The van der Waals surface area contributed by atoms with E-state index < -0.39 is 10.9 Å². The van der Waals surface area contributed by atoms with E-state index in [9.17, 15) is 14.9 Å². The number of nitrogens with one attached hydrogen (secondary N) is 1. The molecule has 1 aromatic rings. The van der Waals surface area contributed by atoms with Crippen LogP contribution in [0.4, 0.5) is 11.4 Å². The van der Waals surface area contributed by atoms with Crippen molar-refractivity contribution < 1.29 is 19.6 Å². The molecule has 0 aliphatic carbocycles. The number of rotatable bonds is 5. The lowest BCUT2D eigenvalue weighted by Crippen LogP contribution is -2.23. The lowest BCUT2D eigenvalue weighted by molar-refractivity contribution is -0.384. The number of carboxylic acid groups (broad SMARTS) is 1. The first-order chi connectivity index (χ1) is 9.59. The molecule has 1 aliphatic rings. The summed E-state index contributed by atoms with van der Waals surface area (Å²) in [6, 6.07) is 4.04. The Balaban J connectivity index is 2.19. The highest BCUT2D eigenvalue weighted by molar-refractivity contribution is 5.96. The van der Waals surface area contributed by atoms with Gasteiger partial charge >= 0.3 is 5.97 Å². The number of anilines is 1. The van der Waals surface area contributed by atoms with Crippen LogP contribution in [0.3, 0.4) is 0 Å². The number of aromatic carboxylic acids is 1. The molecule has 1 saturated heterocycles. The fourth-order valence-corrected chi connectivity index (χ4v) is 2.25. The Morgan fingerprint density at radius 3 is 2.75 bits per heavy atom. The number of ether oxygens (including phenoxy) is 1. The van der Waals surface area contributed by atoms with Crippen molar-refractivity contribution >= 4 is 17.3 Å². The Morgan fingerprint density at radius 1 is 1.45 bits per heavy atom. The summed E-state index contributed by atoms with van der Waals surface area (Å²) in [7, 11) is 0. The average molecular weight is 280 g/mol. The summed E-state index contributed by atoms with van der Waals surface area (Å²) in [5.74, 6) is -0.839. The van der Waals surface area contributed by atoms with Gasteiger partial charge in [-0.25, -0.2) is 4.79 Å². The summed E-state index contributed by atoms with van der Waals surface area (Å²) in [6.07, 6.45) is 1.74. The smallest absolute Gasteiger partial charge is 0.338 e. The molecule has 7 heteroatoms. The minimum atomic E-state index is -1.18. The van der Waals surface area contributed by atoms with Crippen molar-refractivity contribution in [1.29, 1.82) is 0 Å². The van der Waals surface area contributed by atoms with E-state index in [-0.39, 0.29) is 16.9 Å². The fourth-order valence-electron chi connectivity index (χ4n) is 2.25. The van der Waals surface area contributed by atoms with E-state index >= 15 is 0 Å². The molecule has 108 valence electrons. The zero-order valence-electron chi connectivity index (χ0n) is 10.9. The van der Waals surface area contributed by atoms with Crippen LogP contribution < -0.4 is 5.32 Å². The van der Waals surface area contributed by atoms with Crippen molar-refractivity contribution in [1.82, 2.24) is 0 Å². The number of para-hydroxylation sites is 1. The Hall–Kier alpha value is -2.15. The summed E-state index contributed by atoms with van der Waals surface area (Å²) < 4.78 is 5.25. The van der Waals surface area contributed by atoms with Crippen LogP contribution in [0.5, 0.6) is 0 Å². The van der Waals surface area contributed by atoms with Crippen LogP contribution in [-0.4, -0.2) is 35.8 Å². The normalized spacial score (nSPS) is 15.8. The molecule has 2 rings (SSSR count). The molecular weight excluding hydrogens is 264 g/mol. The van der Waals surface area contributed by atoms with Gasteiger partial charge in [-0.05, 0) is 24.8 Å². The van der Waals surface area contributed by atoms with E-state index in [4.69, 9.17) is 9.84 Å². The Bertz CT molecular complexity index is 479. The number of benzene rings is 1. The molecular formula is C13H16N2O5. The van der Waals surface area contributed by atoms with Gasteiger partial charge in [-0.1, -0.05) is 6.07 Å². The topological polar surface area (TPSA) is 102 Å². The van der Waals surface area contributed by atoms with Crippen LogP contribution in [0.25, 0.3) is 0 Å². The van der Waals surface area contributed by atoms with E-state index in [0.717, 1.165) is 12.8 Å². The summed E-state index contributed by atoms with van der Waals surface area (Å²) in [5, 5.41) is 23.1. The molecule has 0 spiro atoms.